The SMILES string of the molecule is N#Cc1ccc(-c2cc(-c3cccc4ccccc34)c3cc(-c4cccc5ccccc45)c4ccccc4c3n2)cc1. The van der Waals surface area contributed by atoms with Gasteiger partial charge in [-0.2, -0.15) is 5.26 Å². The predicted molar refractivity (Wildman–Crippen MR) is 175 cm³/mol. The minimum absolute atomic E-state index is 0.638. The molecule has 2 heteroatoms. The van der Waals surface area contributed by atoms with Crippen molar-refractivity contribution < 1.29 is 0 Å². The highest BCUT2D eigenvalue weighted by Crippen LogP contribution is 2.43. The molecule has 1 aromatic heterocycles. The summed E-state index contributed by atoms with van der Waals surface area (Å²) in [6, 6.07) is 53.3. The lowest BCUT2D eigenvalue weighted by atomic mass is 9.88. The molecule has 8 rings (SSSR count). The van der Waals surface area contributed by atoms with Gasteiger partial charge in [-0.1, -0.05) is 121 Å². The van der Waals surface area contributed by atoms with Crippen LogP contribution in [0.3, 0.4) is 0 Å². The highest BCUT2D eigenvalue weighted by atomic mass is 14.7. The summed E-state index contributed by atoms with van der Waals surface area (Å²) in [4.78, 5) is 5.31. The van der Waals surface area contributed by atoms with E-state index < -0.39 is 0 Å². The van der Waals surface area contributed by atoms with E-state index in [9.17, 15) is 5.26 Å². The molecule has 0 aliphatic rings. The predicted octanol–water partition coefficient (Wildman–Crippen LogP) is 10.6. The van der Waals surface area contributed by atoms with E-state index in [4.69, 9.17) is 4.98 Å². The summed E-state index contributed by atoms with van der Waals surface area (Å²) < 4.78 is 0. The van der Waals surface area contributed by atoms with E-state index in [-0.39, 0.29) is 0 Å². The van der Waals surface area contributed by atoms with Gasteiger partial charge in [0.15, 0.2) is 0 Å². The molecule has 0 unspecified atom stereocenters. The molecule has 0 N–H and O–H groups in total. The number of fused-ring (bicyclic) bond motifs is 5. The normalized spacial score (nSPS) is 11.3. The third-order valence-corrected chi connectivity index (χ3v) is 8.29. The summed E-state index contributed by atoms with van der Waals surface area (Å²) in [7, 11) is 0. The van der Waals surface area contributed by atoms with Crippen molar-refractivity contribution in [3.8, 4) is 39.6 Å². The fourth-order valence-corrected chi connectivity index (χ4v) is 6.28. The largest absolute Gasteiger partial charge is 0.247 e. The van der Waals surface area contributed by atoms with Crippen LogP contribution in [0.2, 0.25) is 0 Å². The van der Waals surface area contributed by atoms with Crippen LogP contribution < -0.4 is 0 Å². The van der Waals surface area contributed by atoms with Gasteiger partial charge < -0.3 is 0 Å². The van der Waals surface area contributed by atoms with Gasteiger partial charge >= 0.3 is 0 Å². The molecule has 0 spiro atoms. The maximum absolute atomic E-state index is 9.37. The van der Waals surface area contributed by atoms with Crippen LogP contribution in [0.25, 0.3) is 76.7 Å². The van der Waals surface area contributed by atoms with Crippen LogP contribution in [0.4, 0.5) is 0 Å². The van der Waals surface area contributed by atoms with Gasteiger partial charge in [-0.05, 0) is 73.5 Å². The molecule has 0 atom stereocenters. The molecular formula is C40H24N2. The van der Waals surface area contributed by atoms with E-state index in [1.807, 2.05) is 24.3 Å². The van der Waals surface area contributed by atoms with Crippen LogP contribution in [0.15, 0.2) is 146 Å². The highest BCUT2D eigenvalue weighted by molar-refractivity contribution is 6.19. The zero-order valence-corrected chi connectivity index (χ0v) is 22.8. The second kappa shape index (κ2) is 9.70. The van der Waals surface area contributed by atoms with Crippen LogP contribution >= 0.6 is 0 Å². The summed E-state index contributed by atoms with van der Waals surface area (Å²) in [5.74, 6) is 0. The fraction of sp³-hybridized carbons (Fsp3) is 0. The van der Waals surface area contributed by atoms with Gasteiger partial charge in [0.1, 0.15) is 0 Å². The van der Waals surface area contributed by atoms with Gasteiger partial charge in [0, 0.05) is 16.3 Å². The molecule has 0 fully saturated rings. The summed E-state index contributed by atoms with van der Waals surface area (Å²) in [6.45, 7) is 0. The molecule has 0 aliphatic carbocycles. The van der Waals surface area contributed by atoms with Crippen molar-refractivity contribution in [2.45, 2.75) is 0 Å². The zero-order chi connectivity index (χ0) is 28.0. The third-order valence-electron chi connectivity index (χ3n) is 8.29. The number of benzene rings is 7. The average molecular weight is 533 g/mol. The molecule has 1 heterocycles. The molecule has 0 aliphatic heterocycles. The van der Waals surface area contributed by atoms with Crippen molar-refractivity contribution in [1.82, 2.24) is 4.98 Å². The Balaban J connectivity index is 1.53. The second-order valence-corrected chi connectivity index (χ2v) is 10.7. The molecule has 0 saturated carbocycles. The van der Waals surface area contributed by atoms with Gasteiger partial charge in [0.2, 0.25) is 0 Å². The first kappa shape index (κ1) is 24.1. The quantitative estimate of drug-likeness (QED) is 0.212. The number of hydrogen-bond acceptors (Lipinski definition) is 2. The van der Waals surface area contributed by atoms with Crippen LogP contribution in [-0.4, -0.2) is 4.98 Å². The topological polar surface area (TPSA) is 36.7 Å². The van der Waals surface area contributed by atoms with Crippen LogP contribution in [0.1, 0.15) is 5.56 Å². The van der Waals surface area contributed by atoms with E-state index in [0.29, 0.717) is 5.56 Å². The van der Waals surface area contributed by atoms with Gasteiger partial charge in [-0.25, -0.2) is 4.98 Å². The standard InChI is InChI=1S/C40H24N2/c41-25-26-19-21-29(22-20-26)39-24-37(33-18-8-12-28-10-2-4-14-31(28)33)38-23-36(34-15-5-6-16-35(34)40(38)42-39)32-17-7-11-27-9-1-3-13-30(27)32/h1-24H. The van der Waals surface area contributed by atoms with Crippen molar-refractivity contribution in [3.05, 3.63) is 151 Å². The molecule has 0 bridgehead atoms. The van der Waals surface area contributed by atoms with Crippen molar-refractivity contribution >= 4 is 43.2 Å². The van der Waals surface area contributed by atoms with Gasteiger partial charge in [0.25, 0.3) is 0 Å². The number of nitrogens with zero attached hydrogens (tertiary/aromatic N) is 2. The summed E-state index contributed by atoms with van der Waals surface area (Å²) >= 11 is 0. The molecule has 194 valence electrons. The Bertz CT molecular complexity index is 2350. The molecule has 0 saturated heterocycles. The number of rotatable bonds is 3. The lowest BCUT2D eigenvalue weighted by Gasteiger charge is -2.17. The Morgan fingerprint density at radius 2 is 0.952 bits per heavy atom. The van der Waals surface area contributed by atoms with Gasteiger partial charge in [0.05, 0.1) is 22.8 Å². The highest BCUT2D eigenvalue weighted by Gasteiger charge is 2.18. The summed E-state index contributed by atoms with van der Waals surface area (Å²) in [5, 5.41) is 17.7. The first-order chi connectivity index (χ1) is 20.8. The minimum Gasteiger partial charge on any atom is -0.247 e. The Morgan fingerprint density at radius 3 is 1.57 bits per heavy atom. The fourth-order valence-electron chi connectivity index (χ4n) is 6.28. The summed E-state index contributed by atoms with van der Waals surface area (Å²) in [5.41, 5.74) is 8.21. The Hall–Kier alpha value is -5.78. The van der Waals surface area contributed by atoms with Crippen molar-refractivity contribution in [1.29, 1.82) is 5.26 Å². The number of pyridine rings is 1. The lowest BCUT2D eigenvalue weighted by Crippen LogP contribution is -1.94. The van der Waals surface area contributed by atoms with Gasteiger partial charge in [-0.15, -0.1) is 0 Å². The van der Waals surface area contributed by atoms with Crippen molar-refractivity contribution in [2.24, 2.45) is 0 Å². The first-order valence-corrected chi connectivity index (χ1v) is 14.1. The molecule has 7 aromatic carbocycles. The minimum atomic E-state index is 0.638. The first-order valence-electron chi connectivity index (χ1n) is 14.1. The van der Waals surface area contributed by atoms with Crippen LogP contribution in [-0.2, 0) is 0 Å². The lowest BCUT2D eigenvalue weighted by molar-refractivity contribution is 1.40. The third kappa shape index (κ3) is 3.84. The maximum Gasteiger partial charge on any atom is 0.0991 e. The van der Waals surface area contributed by atoms with Crippen molar-refractivity contribution in [2.75, 3.05) is 0 Å². The smallest absolute Gasteiger partial charge is 0.0991 e. The molecule has 8 aromatic rings. The molecule has 2 nitrogen and oxygen atoms in total. The van der Waals surface area contributed by atoms with Gasteiger partial charge in [-0.3, -0.25) is 0 Å². The Labute approximate surface area is 243 Å². The average Bonchev–Trinajstić information content (AvgIpc) is 3.07. The van der Waals surface area contributed by atoms with E-state index >= 15 is 0 Å². The second-order valence-electron chi connectivity index (χ2n) is 10.7. The molecule has 0 amide bonds. The molecule has 42 heavy (non-hydrogen) atoms. The molecule has 0 radical (unpaired) electrons. The molecular weight excluding hydrogens is 508 g/mol. The van der Waals surface area contributed by atoms with E-state index in [0.717, 1.165) is 33.1 Å². The van der Waals surface area contributed by atoms with Crippen LogP contribution in [0, 0.1) is 11.3 Å². The van der Waals surface area contributed by atoms with E-state index in [2.05, 4.69) is 127 Å². The van der Waals surface area contributed by atoms with Crippen LogP contribution in [0.5, 0.6) is 0 Å². The van der Waals surface area contributed by atoms with E-state index in [1.165, 1.54) is 43.6 Å². The maximum atomic E-state index is 9.37. The number of nitriles is 1. The van der Waals surface area contributed by atoms with E-state index in [1.54, 1.807) is 0 Å². The zero-order valence-electron chi connectivity index (χ0n) is 22.8. The number of hydrogen-bond donors (Lipinski definition) is 0. The summed E-state index contributed by atoms with van der Waals surface area (Å²) in [6.07, 6.45) is 0. The van der Waals surface area contributed by atoms with Crippen molar-refractivity contribution in [3.63, 3.8) is 0 Å². The number of aromatic nitrogens is 1. The Kier molecular flexibility index (Phi) is 5.55. The Morgan fingerprint density at radius 1 is 0.429 bits per heavy atom. The monoisotopic (exact) mass is 532 g/mol.